The van der Waals surface area contributed by atoms with Gasteiger partial charge in [0.05, 0.1) is 19.2 Å². The highest BCUT2D eigenvalue weighted by Gasteiger charge is 2.28. The highest BCUT2D eigenvalue weighted by atomic mass is 127. The number of carbonyl (C=O) groups excluding carboxylic acids is 1. The van der Waals surface area contributed by atoms with Crippen molar-refractivity contribution >= 4 is 36.0 Å². The van der Waals surface area contributed by atoms with E-state index in [4.69, 9.17) is 14.5 Å². The number of likely N-dealkylation sites (tertiary alicyclic amines) is 1. The summed E-state index contributed by atoms with van der Waals surface area (Å²) in [6.45, 7) is 11.3. The van der Waals surface area contributed by atoms with Crippen molar-refractivity contribution in [3.63, 3.8) is 0 Å². The first kappa shape index (κ1) is 25.5. The van der Waals surface area contributed by atoms with Gasteiger partial charge < -0.3 is 25.0 Å². The Morgan fingerprint density at radius 3 is 2.68 bits per heavy atom. The highest BCUT2D eigenvalue weighted by Crippen LogP contribution is 2.29. The van der Waals surface area contributed by atoms with Crippen molar-refractivity contribution in [2.45, 2.75) is 65.1 Å². The third-order valence-electron chi connectivity index (χ3n) is 4.92. The molecule has 0 spiro atoms. The molecule has 1 saturated carbocycles. The molecule has 2 N–H and O–H groups in total. The minimum absolute atomic E-state index is 0. The number of hydrogen-bond donors (Lipinski definition) is 2. The zero-order valence-electron chi connectivity index (χ0n) is 19.0. The van der Waals surface area contributed by atoms with E-state index in [0.29, 0.717) is 24.9 Å². The Bertz CT molecular complexity index is 732. The van der Waals surface area contributed by atoms with Crippen LogP contribution in [0.4, 0.5) is 4.79 Å². The zero-order valence-corrected chi connectivity index (χ0v) is 21.3. The van der Waals surface area contributed by atoms with Crippen LogP contribution in [0, 0.1) is 5.92 Å². The SMILES string of the molecule is CCNC(=NCc1ccc(OCC2CC2)nc1)N1CCC(NC(=O)OC(C)(C)C)C1.I. The van der Waals surface area contributed by atoms with Gasteiger partial charge in [-0.15, -0.1) is 24.0 Å². The van der Waals surface area contributed by atoms with E-state index in [-0.39, 0.29) is 36.1 Å². The van der Waals surface area contributed by atoms with Crippen LogP contribution in [0.3, 0.4) is 0 Å². The van der Waals surface area contributed by atoms with Crippen LogP contribution >= 0.6 is 24.0 Å². The fourth-order valence-corrected chi connectivity index (χ4v) is 3.21. The van der Waals surface area contributed by atoms with E-state index < -0.39 is 5.60 Å². The number of aliphatic imine (C=N–C) groups is 1. The van der Waals surface area contributed by atoms with E-state index in [1.54, 1.807) is 0 Å². The number of hydrogen-bond acceptors (Lipinski definition) is 5. The molecular weight excluding hydrogens is 509 g/mol. The minimum atomic E-state index is -0.495. The molecule has 8 nitrogen and oxygen atoms in total. The summed E-state index contributed by atoms with van der Waals surface area (Å²) in [6, 6.07) is 3.98. The molecule has 0 aromatic carbocycles. The normalized spacial score (nSPS) is 18.9. The summed E-state index contributed by atoms with van der Waals surface area (Å²) in [5.41, 5.74) is 0.539. The van der Waals surface area contributed by atoms with Crippen molar-refractivity contribution in [3.05, 3.63) is 23.9 Å². The van der Waals surface area contributed by atoms with Crippen molar-refractivity contribution in [2.75, 3.05) is 26.2 Å². The Hall–Kier alpha value is -1.78. The second-order valence-corrected chi connectivity index (χ2v) is 9.01. The molecule has 1 amide bonds. The molecule has 0 bridgehead atoms. The third-order valence-corrected chi connectivity index (χ3v) is 4.92. The van der Waals surface area contributed by atoms with Crippen LogP contribution in [0.15, 0.2) is 23.3 Å². The number of aromatic nitrogens is 1. The topological polar surface area (TPSA) is 88.1 Å². The van der Waals surface area contributed by atoms with E-state index in [2.05, 4.69) is 27.4 Å². The average Bonchev–Trinajstić information content (AvgIpc) is 3.40. The molecule has 2 aliphatic rings. The van der Waals surface area contributed by atoms with Crippen LogP contribution in [0.25, 0.3) is 0 Å². The predicted molar refractivity (Wildman–Crippen MR) is 132 cm³/mol. The molecule has 2 heterocycles. The molecule has 1 aliphatic carbocycles. The van der Waals surface area contributed by atoms with Crippen LogP contribution < -0.4 is 15.4 Å². The molecule has 1 atom stereocenters. The second kappa shape index (κ2) is 11.7. The lowest BCUT2D eigenvalue weighted by Gasteiger charge is -2.23. The number of amides is 1. The van der Waals surface area contributed by atoms with Crippen LogP contribution in [-0.4, -0.2) is 59.8 Å². The minimum Gasteiger partial charge on any atom is -0.477 e. The van der Waals surface area contributed by atoms with Gasteiger partial charge in [-0.2, -0.15) is 0 Å². The van der Waals surface area contributed by atoms with E-state index in [0.717, 1.165) is 37.6 Å². The molecule has 31 heavy (non-hydrogen) atoms. The van der Waals surface area contributed by atoms with Crippen molar-refractivity contribution in [3.8, 4) is 5.88 Å². The summed E-state index contributed by atoms with van der Waals surface area (Å²) < 4.78 is 11.1. The first-order chi connectivity index (χ1) is 14.3. The summed E-state index contributed by atoms with van der Waals surface area (Å²) in [5.74, 6) is 2.24. The van der Waals surface area contributed by atoms with Crippen LogP contribution in [0.5, 0.6) is 5.88 Å². The van der Waals surface area contributed by atoms with Gasteiger partial charge in [0.1, 0.15) is 5.60 Å². The van der Waals surface area contributed by atoms with E-state index in [1.165, 1.54) is 12.8 Å². The lowest BCUT2D eigenvalue weighted by atomic mass is 10.2. The molecule has 2 fully saturated rings. The number of halogens is 1. The third kappa shape index (κ3) is 9.08. The average molecular weight is 545 g/mol. The number of alkyl carbamates (subject to hydrolysis) is 1. The molecular formula is C22H36IN5O3. The molecule has 1 aromatic rings. The first-order valence-electron chi connectivity index (χ1n) is 10.9. The van der Waals surface area contributed by atoms with Crippen molar-refractivity contribution in [1.82, 2.24) is 20.5 Å². The number of carbonyl (C=O) groups is 1. The van der Waals surface area contributed by atoms with Gasteiger partial charge in [-0.1, -0.05) is 6.07 Å². The number of pyridine rings is 1. The van der Waals surface area contributed by atoms with Gasteiger partial charge >= 0.3 is 6.09 Å². The first-order valence-corrected chi connectivity index (χ1v) is 10.9. The number of ether oxygens (including phenoxy) is 2. The lowest BCUT2D eigenvalue weighted by molar-refractivity contribution is 0.0507. The van der Waals surface area contributed by atoms with Gasteiger partial charge in [0, 0.05) is 31.9 Å². The van der Waals surface area contributed by atoms with Gasteiger partial charge in [0.2, 0.25) is 5.88 Å². The number of guanidine groups is 1. The molecule has 3 rings (SSSR count). The Morgan fingerprint density at radius 1 is 1.29 bits per heavy atom. The Labute approximate surface area is 202 Å². The largest absolute Gasteiger partial charge is 0.477 e. The fraction of sp³-hybridized carbons (Fsp3) is 0.682. The molecule has 1 aromatic heterocycles. The maximum atomic E-state index is 12.0. The zero-order chi connectivity index (χ0) is 21.6. The predicted octanol–water partition coefficient (Wildman–Crippen LogP) is 3.55. The molecule has 9 heteroatoms. The van der Waals surface area contributed by atoms with Gasteiger partial charge in [-0.25, -0.2) is 14.8 Å². The smallest absolute Gasteiger partial charge is 0.407 e. The number of nitrogens with zero attached hydrogens (tertiary/aromatic N) is 3. The summed E-state index contributed by atoms with van der Waals surface area (Å²) in [5, 5.41) is 6.30. The van der Waals surface area contributed by atoms with Gasteiger partial charge in [0.25, 0.3) is 0 Å². The summed E-state index contributed by atoms with van der Waals surface area (Å²) in [6.07, 6.45) is 4.85. The van der Waals surface area contributed by atoms with Crippen LogP contribution in [0.2, 0.25) is 0 Å². The van der Waals surface area contributed by atoms with Crippen molar-refractivity contribution < 1.29 is 14.3 Å². The van der Waals surface area contributed by atoms with E-state index in [1.807, 2.05) is 39.1 Å². The summed E-state index contributed by atoms with van der Waals surface area (Å²) in [7, 11) is 0. The standard InChI is InChI=1S/C22H35N5O3.HI/c1-5-23-20(27-11-10-18(14-27)26-21(28)30-22(2,3)4)25-13-17-8-9-19(24-12-17)29-15-16-6-7-16;/h8-9,12,16,18H,5-7,10-11,13-15H2,1-4H3,(H,23,25)(H,26,28);1H. The van der Waals surface area contributed by atoms with Gasteiger partial charge in [-0.3, -0.25) is 0 Å². The monoisotopic (exact) mass is 545 g/mol. The maximum absolute atomic E-state index is 12.0. The Balaban J connectivity index is 0.00000341. The van der Waals surface area contributed by atoms with Crippen molar-refractivity contribution in [2.24, 2.45) is 10.9 Å². The quantitative estimate of drug-likeness (QED) is 0.310. The molecule has 174 valence electrons. The van der Waals surface area contributed by atoms with E-state index >= 15 is 0 Å². The molecule has 1 saturated heterocycles. The van der Waals surface area contributed by atoms with Crippen LogP contribution in [0.1, 0.15) is 52.5 Å². The van der Waals surface area contributed by atoms with Crippen LogP contribution in [-0.2, 0) is 11.3 Å². The number of rotatable bonds is 7. The Morgan fingerprint density at radius 2 is 2.06 bits per heavy atom. The van der Waals surface area contributed by atoms with Gasteiger partial charge in [0.15, 0.2) is 5.96 Å². The highest BCUT2D eigenvalue weighted by molar-refractivity contribution is 14.0. The van der Waals surface area contributed by atoms with Crippen molar-refractivity contribution in [1.29, 1.82) is 0 Å². The molecule has 1 aliphatic heterocycles. The van der Waals surface area contributed by atoms with Gasteiger partial charge in [-0.05, 0) is 58.4 Å². The Kier molecular flexibility index (Phi) is 9.64. The lowest BCUT2D eigenvalue weighted by Crippen LogP contribution is -2.44. The molecule has 1 unspecified atom stereocenters. The molecule has 0 radical (unpaired) electrons. The summed E-state index contributed by atoms with van der Waals surface area (Å²) in [4.78, 5) is 23.3. The fourth-order valence-electron chi connectivity index (χ4n) is 3.21. The number of nitrogens with one attached hydrogen (secondary N) is 2. The summed E-state index contributed by atoms with van der Waals surface area (Å²) >= 11 is 0. The maximum Gasteiger partial charge on any atom is 0.407 e. The van der Waals surface area contributed by atoms with E-state index in [9.17, 15) is 4.79 Å². The second-order valence-electron chi connectivity index (χ2n) is 9.01.